The molecular formula is C13H18N2O4. The SMILES string of the molecule is CCN(CC)C(=O)COC(O)c1cc2occc2[nH]1. The summed E-state index contributed by atoms with van der Waals surface area (Å²) in [5.41, 5.74) is 1.90. The first-order valence-corrected chi connectivity index (χ1v) is 6.29. The molecule has 0 aromatic carbocycles. The van der Waals surface area contributed by atoms with Crippen LogP contribution >= 0.6 is 0 Å². The lowest BCUT2D eigenvalue weighted by Crippen LogP contribution is -2.34. The van der Waals surface area contributed by atoms with Crippen LogP contribution in [0.5, 0.6) is 0 Å². The summed E-state index contributed by atoms with van der Waals surface area (Å²) in [7, 11) is 0. The van der Waals surface area contributed by atoms with Gasteiger partial charge in [-0.15, -0.1) is 0 Å². The number of carbonyl (C=O) groups is 1. The highest BCUT2D eigenvalue weighted by Gasteiger charge is 2.16. The van der Waals surface area contributed by atoms with Gasteiger partial charge in [0.05, 0.1) is 17.5 Å². The molecule has 19 heavy (non-hydrogen) atoms. The van der Waals surface area contributed by atoms with Crippen molar-refractivity contribution < 1.29 is 19.1 Å². The van der Waals surface area contributed by atoms with E-state index in [9.17, 15) is 9.90 Å². The highest BCUT2D eigenvalue weighted by atomic mass is 16.6. The first kappa shape index (κ1) is 13.6. The molecule has 1 unspecified atom stereocenters. The van der Waals surface area contributed by atoms with Gasteiger partial charge in [0.2, 0.25) is 5.91 Å². The van der Waals surface area contributed by atoms with Crippen molar-refractivity contribution in [3.8, 4) is 0 Å². The number of likely N-dealkylation sites (N-methyl/N-ethyl adjacent to an activating group) is 1. The fraction of sp³-hybridized carbons (Fsp3) is 0.462. The Morgan fingerprint density at radius 1 is 1.53 bits per heavy atom. The molecule has 1 amide bonds. The van der Waals surface area contributed by atoms with Crippen molar-refractivity contribution in [1.82, 2.24) is 9.88 Å². The fourth-order valence-electron chi connectivity index (χ4n) is 1.91. The standard InChI is InChI=1S/C13H18N2O4/c1-3-15(4-2)12(16)8-19-13(17)10-7-11-9(14-10)5-6-18-11/h5-7,13-14,17H,3-4,8H2,1-2H3. The second-order valence-electron chi connectivity index (χ2n) is 4.15. The summed E-state index contributed by atoms with van der Waals surface area (Å²) in [6, 6.07) is 3.41. The van der Waals surface area contributed by atoms with Crippen LogP contribution in [0.2, 0.25) is 0 Å². The molecule has 0 aliphatic rings. The average Bonchev–Trinajstić information content (AvgIpc) is 2.98. The molecule has 2 aromatic heterocycles. The number of fused-ring (bicyclic) bond motifs is 1. The van der Waals surface area contributed by atoms with E-state index >= 15 is 0 Å². The fourth-order valence-corrected chi connectivity index (χ4v) is 1.91. The number of furan rings is 1. The second-order valence-corrected chi connectivity index (χ2v) is 4.15. The van der Waals surface area contributed by atoms with Gasteiger partial charge in [-0.1, -0.05) is 0 Å². The molecule has 2 heterocycles. The Morgan fingerprint density at radius 3 is 2.89 bits per heavy atom. The van der Waals surface area contributed by atoms with E-state index in [1.165, 1.54) is 0 Å². The Bertz CT molecular complexity index is 513. The van der Waals surface area contributed by atoms with E-state index in [4.69, 9.17) is 9.15 Å². The van der Waals surface area contributed by atoms with Gasteiger partial charge in [-0.05, 0) is 13.8 Å². The first-order valence-electron chi connectivity index (χ1n) is 6.29. The maximum absolute atomic E-state index is 11.7. The highest BCUT2D eigenvalue weighted by molar-refractivity contribution is 5.77. The molecular weight excluding hydrogens is 248 g/mol. The van der Waals surface area contributed by atoms with Crippen molar-refractivity contribution in [2.75, 3.05) is 19.7 Å². The molecule has 0 fully saturated rings. The van der Waals surface area contributed by atoms with Crippen LogP contribution in [0.4, 0.5) is 0 Å². The monoisotopic (exact) mass is 266 g/mol. The van der Waals surface area contributed by atoms with Crippen LogP contribution in [0.25, 0.3) is 11.1 Å². The summed E-state index contributed by atoms with van der Waals surface area (Å²) in [6.07, 6.45) is 0.393. The predicted octanol–water partition coefficient (Wildman–Crippen LogP) is 1.64. The normalized spacial score (nSPS) is 12.8. The van der Waals surface area contributed by atoms with Crippen molar-refractivity contribution in [2.45, 2.75) is 20.1 Å². The third-order valence-corrected chi connectivity index (χ3v) is 3.01. The molecule has 0 saturated carbocycles. The maximum Gasteiger partial charge on any atom is 0.248 e. The highest BCUT2D eigenvalue weighted by Crippen LogP contribution is 2.21. The molecule has 0 bridgehead atoms. The number of aromatic amines is 1. The molecule has 0 aliphatic carbocycles. The van der Waals surface area contributed by atoms with Gasteiger partial charge in [-0.2, -0.15) is 0 Å². The zero-order valence-electron chi connectivity index (χ0n) is 11.0. The van der Waals surface area contributed by atoms with E-state index in [2.05, 4.69) is 4.98 Å². The van der Waals surface area contributed by atoms with Crippen LogP contribution in [-0.2, 0) is 9.53 Å². The summed E-state index contributed by atoms with van der Waals surface area (Å²) in [5, 5.41) is 9.85. The van der Waals surface area contributed by atoms with Crippen molar-refractivity contribution >= 4 is 17.0 Å². The van der Waals surface area contributed by atoms with E-state index in [0.717, 1.165) is 5.52 Å². The molecule has 0 radical (unpaired) electrons. The van der Waals surface area contributed by atoms with Gasteiger partial charge in [0.25, 0.3) is 0 Å². The third kappa shape index (κ3) is 2.97. The number of ether oxygens (including phenoxy) is 1. The minimum Gasteiger partial charge on any atom is -0.463 e. The van der Waals surface area contributed by atoms with Gasteiger partial charge in [-0.3, -0.25) is 4.79 Å². The van der Waals surface area contributed by atoms with Crippen LogP contribution in [0.3, 0.4) is 0 Å². The second kappa shape index (κ2) is 5.90. The third-order valence-electron chi connectivity index (χ3n) is 3.01. The number of aromatic nitrogens is 1. The van der Waals surface area contributed by atoms with E-state index in [0.29, 0.717) is 24.4 Å². The van der Waals surface area contributed by atoms with Gasteiger partial charge in [-0.25, -0.2) is 0 Å². The minimum atomic E-state index is -1.16. The molecule has 104 valence electrons. The molecule has 0 saturated heterocycles. The Morgan fingerprint density at radius 2 is 2.26 bits per heavy atom. The van der Waals surface area contributed by atoms with Crippen LogP contribution in [-0.4, -0.2) is 40.6 Å². The quantitative estimate of drug-likeness (QED) is 0.779. The van der Waals surface area contributed by atoms with Gasteiger partial charge in [0.1, 0.15) is 6.61 Å². The Labute approximate surface area is 111 Å². The summed E-state index contributed by atoms with van der Waals surface area (Å²) in [6.45, 7) is 4.91. The van der Waals surface area contributed by atoms with E-state index in [1.807, 2.05) is 13.8 Å². The number of nitrogens with zero attached hydrogens (tertiary/aromatic N) is 1. The maximum atomic E-state index is 11.7. The average molecular weight is 266 g/mol. The van der Waals surface area contributed by atoms with Crippen LogP contribution in [0, 0.1) is 0 Å². The molecule has 6 nitrogen and oxygen atoms in total. The van der Waals surface area contributed by atoms with Gasteiger partial charge in [0.15, 0.2) is 11.9 Å². The minimum absolute atomic E-state index is 0.140. The van der Waals surface area contributed by atoms with Crippen LogP contribution in [0.1, 0.15) is 25.8 Å². The van der Waals surface area contributed by atoms with Crippen LogP contribution in [0.15, 0.2) is 22.8 Å². The smallest absolute Gasteiger partial charge is 0.248 e. The molecule has 1 atom stereocenters. The molecule has 6 heteroatoms. The number of hydrogen-bond donors (Lipinski definition) is 2. The van der Waals surface area contributed by atoms with Gasteiger partial charge >= 0.3 is 0 Å². The summed E-state index contributed by atoms with van der Waals surface area (Å²) in [4.78, 5) is 16.3. The van der Waals surface area contributed by atoms with E-state index in [1.54, 1.807) is 23.3 Å². The summed E-state index contributed by atoms with van der Waals surface area (Å²) >= 11 is 0. The zero-order valence-corrected chi connectivity index (χ0v) is 11.0. The predicted molar refractivity (Wildman–Crippen MR) is 69.4 cm³/mol. The van der Waals surface area contributed by atoms with E-state index < -0.39 is 6.29 Å². The number of aliphatic hydroxyl groups is 1. The Hall–Kier alpha value is -1.79. The largest absolute Gasteiger partial charge is 0.463 e. The molecule has 0 spiro atoms. The lowest BCUT2D eigenvalue weighted by atomic mass is 10.4. The number of nitrogens with one attached hydrogen (secondary N) is 1. The number of hydrogen-bond acceptors (Lipinski definition) is 4. The summed E-state index contributed by atoms with van der Waals surface area (Å²) in [5.74, 6) is -0.140. The zero-order chi connectivity index (χ0) is 13.8. The Kier molecular flexibility index (Phi) is 4.24. The molecule has 2 aromatic rings. The lowest BCUT2D eigenvalue weighted by Gasteiger charge is -2.19. The molecule has 2 N–H and O–H groups in total. The first-order chi connectivity index (χ1) is 9.15. The van der Waals surface area contributed by atoms with Crippen molar-refractivity contribution in [3.05, 3.63) is 24.1 Å². The van der Waals surface area contributed by atoms with Crippen molar-refractivity contribution in [2.24, 2.45) is 0 Å². The van der Waals surface area contributed by atoms with Gasteiger partial charge in [0, 0.05) is 25.2 Å². The van der Waals surface area contributed by atoms with Gasteiger partial charge < -0.3 is 24.1 Å². The summed E-state index contributed by atoms with van der Waals surface area (Å²) < 4.78 is 10.3. The number of H-pyrrole nitrogens is 1. The number of amides is 1. The van der Waals surface area contributed by atoms with Crippen LogP contribution < -0.4 is 0 Å². The number of carbonyl (C=O) groups excluding carboxylic acids is 1. The number of aliphatic hydroxyl groups excluding tert-OH is 1. The molecule has 2 rings (SSSR count). The molecule has 0 aliphatic heterocycles. The topological polar surface area (TPSA) is 78.7 Å². The van der Waals surface area contributed by atoms with Crippen molar-refractivity contribution in [1.29, 1.82) is 0 Å². The van der Waals surface area contributed by atoms with E-state index in [-0.39, 0.29) is 12.5 Å². The Balaban J connectivity index is 1.92. The lowest BCUT2D eigenvalue weighted by molar-refractivity contribution is -0.151. The number of rotatable bonds is 6. The van der Waals surface area contributed by atoms with Crippen molar-refractivity contribution in [3.63, 3.8) is 0 Å².